The maximum absolute atomic E-state index is 12.0. The SMILES string of the molecule is CN(CC(F)F)C(=O)[C@H]1CCCCN1.Cl. The van der Waals surface area contributed by atoms with Crippen LogP contribution in [-0.4, -0.2) is 43.4 Å². The molecule has 90 valence electrons. The highest BCUT2D eigenvalue weighted by Crippen LogP contribution is 2.09. The van der Waals surface area contributed by atoms with Crippen molar-refractivity contribution in [2.75, 3.05) is 20.1 Å². The van der Waals surface area contributed by atoms with Crippen LogP contribution in [0.15, 0.2) is 0 Å². The molecule has 0 bridgehead atoms. The van der Waals surface area contributed by atoms with Crippen LogP contribution < -0.4 is 5.32 Å². The van der Waals surface area contributed by atoms with Gasteiger partial charge in [-0.25, -0.2) is 8.78 Å². The number of carbonyl (C=O) groups excluding carboxylic acids is 1. The first-order valence-corrected chi connectivity index (χ1v) is 4.88. The van der Waals surface area contributed by atoms with Gasteiger partial charge in [0.25, 0.3) is 6.43 Å². The van der Waals surface area contributed by atoms with Crippen LogP contribution in [-0.2, 0) is 4.79 Å². The number of hydrogen-bond acceptors (Lipinski definition) is 2. The summed E-state index contributed by atoms with van der Waals surface area (Å²) in [5.74, 6) is -0.218. The molecule has 1 aliphatic heterocycles. The lowest BCUT2D eigenvalue weighted by molar-refractivity contribution is -0.134. The number of rotatable bonds is 3. The summed E-state index contributed by atoms with van der Waals surface area (Å²) in [7, 11) is 1.42. The Morgan fingerprint density at radius 1 is 1.53 bits per heavy atom. The number of amides is 1. The zero-order valence-electron chi connectivity index (χ0n) is 8.71. The minimum absolute atomic E-state index is 0. The van der Waals surface area contributed by atoms with E-state index in [0.717, 1.165) is 30.7 Å². The van der Waals surface area contributed by atoms with E-state index in [-0.39, 0.29) is 24.4 Å². The first-order valence-electron chi connectivity index (χ1n) is 4.88. The predicted octanol–water partition coefficient (Wildman–Crippen LogP) is 1.27. The van der Waals surface area contributed by atoms with Crippen molar-refractivity contribution in [2.45, 2.75) is 31.7 Å². The molecule has 1 fully saturated rings. The van der Waals surface area contributed by atoms with Crippen molar-refractivity contribution >= 4 is 18.3 Å². The van der Waals surface area contributed by atoms with Crippen molar-refractivity contribution in [1.29, 1.82) is 0 Å². The van der Waals surface area contributed by atoms with Gasteiger partial charge in [-0.15, -0.1) is 12.4 Å². The van der Waals surface area contributed by atoms with Crippen LogP contribution in [0.2, 0.25) is 0 Å². The van der Waals surface area contributed by atoms with E-state index in [0.29, 0.717) is 0 Å². The van der Waals surface area contributed by atoms with Crippen LogP contribution in [0.3, 0.4) is 0 Å². The molecule has 0 aromatic carbocycles. The lowest BCUT2D eigenvalue weighted by Crippen LogP contribution is -2.48. The monoisotopic (exact) mass is 242 g/mol. The molecule has 1 saturated heterocycles. The summed E-state index contributed by atoms with van der Waals surface area (Å²) in [6, 6.07) is -0.257. The van der Waals surface area contributed by atoms with Crippen molar-refractivity contribution in [3.8, 4) is 0 Å². The fraction of sp³-hybridized carbons (Fsp3) is 0.889. The average molecular weight is 243 g/mol. The smallest absolute Gasteiger partial charge is 0.255 e. The van der Waals surface area contributed by atoms with Crippen LogP contribution in [0.1, 0.15) is 19.3 Å². The third-order valence-electron chi connectivity index (χ3n) is 2.40. The van der Waals surface area contributed by atoms with Crippen molar-refractivity contribution in [3.05, 3.63) is 0 Å². The molecule has 0 aliphatic carbocycles. The molecule has 0 saturated carbocycles. The number of carbonyl (C=O) groups is 1. The second kappa shape index (κ2) is 6.95. The highest BCUT2D eigenvalue weighted by Gasteiger charge is 2.24. The van der Waals surface area contributed by atoms with Crippen molar-refractivity contribution in [2.24, 2.45) is 0 Å². The molecule has 1 amide bonds. The standard InChI is InChI=1S/C9H16F2N2O.ClH/c1-13(6-8(10)11)9(14)7-4-2-3-5-12-7;/h7-8,12H,2-6H2,1H3;1H/t7-;/m1./s1. The van der Waals surface area contributed by atoms with E-state index < -0.39 is 13.0 Å². The van der Waals surface area contributed by atoms with Gasteiger partial charge in [-0.3, -0.25) is 4.79 Å². The Morgan fingerprint density at radius 2 is 2.20 bits per heavy atom. The normalized spacial score (nSPS) is 20.9. The molecule has 0 aromatic heterocycles. The minimum atomic E-state index is -2.45. The number of likely N-dealkylation sites (N-methyl/N-ethyl adjacent to an activating group) is 1. The topological polar surface area (TPSA) is 32.3 Å². The molecule has 1 rings (SSSR count). The Balaban J connectivity index is 0.00000196. The number of piperidine rings is 1. The summed E-state index contributed by atoms with van der Waals surface area (Å²) in [6.45, 7) is 0.329. The fourth-order valence-electron chi connectivity index (χ4n) is 1.63. The molecule has 0 radical (unpaired) electrons. The van der Waals surface area contributed by atoms with Crippen LogP contribution in [0.25, 0.3) is 0 Å². The van der Waals surface area contributed by atoms with E-state index in [9.17, 15) is 13.6 Å². The van der Waals surface area contributed by atoms with E-state index in [1.165, 1.54) is 7.05 Å². The first kappa shape index (κ1) is 14.6. The Kier molecular flexibility index (Phi) is 6.76. The minimum Gasteiger partial charge on any atom is -0.339 e. The summed E-state index contributed by atoms with van der Waals surface area (Å²) >= 11 is 0. The van der Waals surface area contributed by atoms with Crippen molar-refractivity contribution in [1.82, 2.24) is 10.2 Å². The predicted molar refractivity (Wildman–Crippen MR) is 56.5 cm³/mol. The molecule has 15 heavy (non-hydrogen) atoms. The Labute approximate surface area is 94.6 Å². The molecular formula is C9H17ClF2N2O. The van der Waals surface area contributed by atoms with Crippen molar-refractivity contribution in [3.63, 3.8) is 0 Å². The largest absolute Gasteiger partial charge is 0.339 e. The molecule has 3 nitrogen and oxygen atoms in total. The molecule has 0 unspecified atom stereocenters. The van der Waals surface area contributed by atoms with Gasteiger partial charge in [0.15, 0.2) is 0 Å². The van der Waals surface area contributed by atoms with Crippen LogP contribution in [0.5, 0.6) is 0 Å². The summed E-state index contributed by atoms with van der Waals surface area (Å²) in [5, 5.41) is 3.04. The fourth-order valence-corrected chi connectivity index (χ4v) is 1.63. The van der Waals surface area contributed by atoms with E-state index in [4.69, 9.17) is 0 Å². The van der Waals surface area contributed by atoms with Crippen LogP contribution in [0, 0.1) is 0 Å². The Morgan fingerprint density at radius 3 is 2.67 bits per heavy atom. The van der Waals surface area contributed by atoms with E-state index in [2.05, 4.69) is 5.32 Å². The van der Waals surface area contributed by atoms with E-state index in [1.807, 2.05) is 0 Å². The number of nitrogens with one attached hydrogen (secondary N) is 1. The lowest BCUT2D eigenvalue weighted by atomic mass is 10.0. The number of halogens is 3. The Bertz CT molecular complexity index is 199. The molecule has 1 atom stereocenters. The van der Waals surface area contributed by atoms with Gasteiger partial charge < -0.3 is 10.2 Å². The van der Waals surface area contributed by atoms with Crippen molar-refractivity contribution < 1.29 is 13.6 Å². The Hall–Kier alpha value is -0.420. The van der Waals surface area contributed by atoms with Gasteiger partial charge in [-0.1, -0.05) is 6.42 Å². The molecular weight excluding hydrogens is 226 g/mol. The summed E-state index contributed by atoms with van der Waals surface area (Å²) in [6.07, 6.45) is 0.355. The summed E-state index contributed by atoms with van der Waals surface area (Å²) in [5.41, 5.74) is 0. The zero-order chi connectivity index (χ0) is 10.6. The molecule has 1 aliphatic rings. The summed E-state index contributed by atoms with van der Waals surface area (Å²) < 4.78 is 24.0. The summed E-state index contributed by atoms with van der Waals surface area (Å²) in [4.78, 5) is 12.7. The van der Waals surface area contributed by atoms with E-state index in [1.54, 1.807) is 0 Å². The second-order valence-electron chi connectivity index (χ2n) is 3.61. The highest BCUT2D eigenvalue weighted by atomic mass is 35.5. The maximum atomic E-state index is 12.0. The second-order valence-corrected chi connectivity index (χ2v) is 3.61. The third kappa shape index (κ3) is 4.75. The highest BCUT2D eigenvalue weighted by molar-refractivity contribution is 5.85. The van der Waals surface area contributed by atoms with Gasteiger partial charge in [0.2, 0.25) is 5.91 Å². The third-order valence-corrected chi connectivity index (χ3v) is 2.40. The van der Waals surface area contributed by atoms with Gasteiger partial charge >= 0.3 is 0 Å². The lowest BCUT2D eigenvalue weighted by Gasteiger charge is -2.27. The molecule has 1 heterocycles. The number of alkyl halides is 2. The molecule has 6 heteroatoms. The molecule has 1 N–H and O–H groups in total. The average Bonchev–Trinajstić information content (AvgIpc) is 2.17. The van der Waals surface area contributed by atoms with E-state index >= 15 is 0 Å². The first-order chi connectivity index (χ1) is 6.61. The molecule has 0 aromatic rings. The van der Waals surface area contributed by atoms with Gasteiger partial charge in [0.05, 0.1) is 12.6 Å². The number of nitrogens with zero attached hydrogens (tertiary/aromatic N) is 1. The van der Waals surface area contributed by atoms with Gasteiger partial charge in [0, 0.05) is 7.05 Å². The zero-order valence-corrected chi connectivity index (χ0v) is 9.53. The van der Waals surface area contributed by atoms with Crippen LogP contribution in [0.4, 0.5) is 8.78 Å². The number of hydrogen-bond donors (Lipinski definition) is 1. The van der Waals surface area contributed by atoms with Gasteiger partial charge in [0.1, 0.15) is 0 Å². The molecule has 0 spiro atoms. The van der Waals surface area contributed by atoms with Crippen LogP contribution >= 0.6 is 12.4 Å². The van der Waals surface area contributed by atoms with Gasteiger partial charge in [-0.2, -0.15) is 0 Å². The maximum Gasteiger partial charge on any atom is 0.255 e. The van der Waals surface area contributed by atoms with Gasteiger partial charge in [-0.05, 0) is 19.4 Å². The quantitative estimate of drug-likeness (QED) is 0.809.